The smallest absolute Gasteiger partial charge is 0.104 e. The average molecular weight is 172 g/mol. The Balaban J connectivity index is 4.26. The summed E-state index contributed by atoms with van der Waals surface area (Å²) in [5.74, 6) is 0. The highest BCUT2D eigenvalue weighted by molar-refractivity contribution is 6.42. The van der Waals surface area contributed by atoms with Gasteiger partial charge in [-0.2, -0.15) is 0 Å². The van der Waals surface area contributed by atoms with Crippen molar-refractivity contribution in [1.29, 1.82) is 0 Å². The standard InChI is InChI=1S/C8H16N2O2/c1-3-5-7(9-11)8(10-12)6-4-2/h11-12H,3-6H2,1-2H3/b9-7+,10-8+. The van der Waals surface area contributed by atoms with Crippen LogP contribution in [0.3, 0.4) is 0 Å². The van der Waals surface area contributed by atoms with Crippen molar-refractivity contribution in [2.75, 3.05) is 0 Å². The topological polar surface area (TPSA) is 65.2 Å². The molecule has 2 N–H and O–H groups in total. The summed E-state index contributed by atoms with van der Waals surface area (Å²) in [6.07, 6.45) is 3.05. The van der Waals surface area contributed by atoms with Crippen molar-refractivity contribution in [2.45, 2.75) is 39.5 Å². The van der Waals surface area contributed by atoms with Crippen molar-refractivity contribution in [3.8, 4) is 0 Å². The third-order valence-corrected chi connectivity index (χ3v) is 1.55. The number of rotatable bonds is 5. The summed E-state index contributed by atoms with van der Waals surface area (Å²) in [6.45, 7) is 3.96. The Hall–Kier alpha value is -1.06. The molecule has 0 saturated carbocycles. The second-order valence-electron chi connectivity index (χ2n) is 2.59. The van der Waals surface area contributed by atoms with E-state index in [-0.39, 0.29) is 0 Å². The van der Waals surface area contributed by atoms with Crippen LogP contribution < -0.4 is 0 Å². The number of nitrogens with zero attached hydrogens (tertiary/aromatic N) is 2. The molecule has 0 fully saturated rings. The molecule has 0 aromatic heterocycles. The van der Waals surface area contributed by atoms with Crippen LogP contribution in [0.1, 0.15) is 39.5 Å². The Bertz CT molecular complexity index is 156. The lowest BCUT2D eigenvalue weighted by molar-refractivity contribution is 0.312. The van der Waals surface area contributed by atoms with Gasteiger partial charge in [0.15, 0.2) is 0 Å². The van der Waals surface area contributed by atoms with E-state index in [1.54, 1.807) is 0 Å². The molecule has 0 saturated heterocycles. The second-order valence-corrected chi connectivity index (χ2v) is 2.59. The third-order valence-electron chi connectivity index (χ3n) is 1.55. The quantitative estimate of drug-likeness (QED) is 0.379. The van der Waals surface area contributed by atoms with Gasteiger partial charge in [-0.1, -0.05) is 37.0 Å². The van der Waals surface area contributed by atoms with Gasteiger partial charge in [-0.05, 0) is 12.8 Å². The zero-order valence-corrected chi connectivity index (χ0v) is 7.62. The molecule has 0 aromatic carbocycles. The molecule has 70 valence electrons. The summed E-state index contributed by atoms with van der Waals surface area (Å²) in [7, 11) is 0. The summed E-state index contributed by atoms with van der Waals surface area (Å²) in [5.41, 5.74) is 0.976. The Morgan fingerprint density at radius 2 is 1.25 bits per heavy atom. The Labute approximate surface area is 72.6 Å². The van der Waals surface area contributed by atoms with Gasteiger partial charge in [-0.15, -0.1) is 0 Å². The fourth-order valence-corrected chi connectivity index (χ4v) is 0.978. The Kier molecular flexibility index (Phi) is 6.05. The van der Waals surface area contributed by atoms with Gasteiger partial charge in [0.2, 0.25) is 0 Å². The fraction of sp³-hybridized carbons (Fsp3) is 0.750. The molecule has 0 aliphatic heterocycles. The normalized spacial score (nSPS) is 13.5. The maximum atomic E-state index is 8.58. The van der Waals surface area contributed by atoms with E-state index < -0.39 is 0 Å². The van der Waals surface area contributed by atoms with E-state index in [4.69, 9.17) is 10.4 Å². The van der Waals surface area contributed by atoms with Crippen LogP contribution in [0, 0.1) is 0 Å². The number of oxime groups is 2. The van der Waals surface area contributed by atoms with Crippen LogP contribution in [0.2, 0.25) is 0 Å². The zero-order valence-electron chi connectivity index (χ0n) is 7.62. The molecule has 0 aliphatic carbocycles. The SMILES string of the molecule is CCCC(=N\O)/C(CCC)=N/O. The van der Waals surface area contributed by atoms with Crippen molar-refractivity contribution >= 4 is 11.4 Å². The van der Waals surface area contributed by atoms with E-state index in [1.807, 2.05) is 13.8 Å². The van der Waals surface area contributed by atoms with Crippen LogP contribution in [0.5, 0.6) is 0 Å². The van der Waals surface area contributed by atoms with Crippen LogP contribution >= 0.6 is 0 Å². The van der Waals surface area contributed by atoms with Crippen LogP contribution in [0.15, 0.2) is 10.3 Å². The summed E-state index contributed by atoms with van der Waals surface area (Å²) in [6, 6.07) is 0. The van der Waals surface area contributed by atoms with Crippen LogP contribution in [0.4, 0.5) is 0 Å². The minimum absolute atomic E-state index is 0.488. The van der Waals surface area contributed by atoms with Gasteiger partial charge in [0.05, 0.1) is 0 Å². The predicted molar refractivity (Wildman–Crippen MR) is 48.3 cm³/mol. The van der Waals surface area contributed by atoms with E-state index in [0.717, 1.165) is 12.8 Å². The zero-order chi connectivity index (χ0) is 9.40. The van der Waals surface area contributed by atoms with E-state index in [0.29, 0.717) is 24.3 Å². The molecule has 0 atom stereocenters. The minimum Gasteiger partial charge on any atom is -0.411 e. The monoisotopic (exact) mass is 172 g/mol. The summed E-state index contributed by atoms with van der Waals surface area (Å²) in [4.78, 5) is 0. The minimum atomic E-state index is 0.488. The molecular formula is C8H16N2O2. The van der Waals surface area contributed by atoms with Gasteiger partial charge < -0.3 is 10.4 Å². The first kappa shape index (κ1) is 10.9. The van der Waals surface area contributed by atoms with Gasteiger partial charge >= 0.3 is 0 Å². The van der Waals surface area contributed by atoms with Crippen molar-refractivity contribution in [2.24, 2.45) is 10.3 Å². The van der Waals surface area contributed by atoms with E-state index in [1.165, 1.54) is 0 Å². The fourth-order valence-electron chi connectivity index (χ4n) is 0.978. The summed E-state index contributed by atoms with van der Waals surface area (Å²) < 4.78 is 0. The van der Waals surface area contributed by atoms with Crippen molar-refractivity contribution < 1.29 is 10.4 Å². The molecule has 0 amide bonds. The first-order valence-electron chi connectivity index (χ1n) is 4.22. The molecule has 0 spiro atoms. The molecular weight excluding hydrogens is 156 g/mol. The summed E-state index contributed by atoms with van der Waals surface area (Å²) in [5, 5.41) is 23.3. The molecule has 0 aromatic rings. The Morgan fingerprint density at radius 3 is 1.42 bits per heavy atom. The molecule has 0 unspecified atom stereocenters. The predicted octanol–water partition coefficient (Wildman–Crippen LogP) is 2.25. The van der Waals surface area contributed by atoms with Crippen molar-refractivity contribution in [3.05, 3.63) is 0 Å². The van der Waals surface area contributed by atoms with Crippen molar-refractivity contribution in [1.82, 2.24) is 0 Å². The van der Waals surface area contributed by atoms with E-state index >= 15 is 0 Å². The van der Waals surface area contributed by atoms with Gasteiger partial charge in [-0.25, -0.2) is 0 Å². The van der Waals surface area contributed by atoms with Crippen molar-refractivity contribution in [3.63, 3.8) is 0 Å². The van der Waals surface area contributed by atoms with Crippen LogP contribution in [0.25, 0.3) is 0 Å². The van der Waals surface area contributed by atoms with Crippen LogP contribution in [-0.4, -0.2) is 21.8 Å². The number of hydrogen-bond donors (Lipinski definition) is 2. The molecule has 4 nitrogen and oxygen atoms in total. The lowest BCUT2D eigenvalue weighted by Gasteiger charge is -2.02. The van der Waals surface area contributed by atoms with E-state index in [2.05, 4.69) is 10.3 Å². The number of hydrogen-bond acceptors (Lipinski definition) is 4. The summed E-state index contributed by atoms with van der Waals surface area (Å²) >= 11 is 0. The molecule has 4 heteroatoms. The molecule has 0 radical (unpaired) electrons. The largest absolute Gasteiger partial charge is 0.411 e. The Morgan fingerprint density at radius 1 is 0.917 bits per heavy atom. The maximum absolute atomic E-state index is 8.58. The van der Waals surface area contributed by atoms with E-state index in [9.17, 15) is 0 Å². The lowest BCUT2D eigenvalue weighted by Crippen LogP contribution is -2.13. The molecule has 12 heavy (non-hydrogen) atoms. The van der Waals surface area contributed by atoms with Gasteiger partial charge in [0.25, 0.3) is 0 Å². The average Bonchev–Trinajstić information content (AvgIpc) is 2.11. The van der Waals surface area contributed by atoms with Gasteiger partial charge in [-0.3, -0.25) is 0 Å². The molecule has 0 heterocycles. The third kappa shape index (κ3) is 3.37. The lowest BCUT2D eigenvalue weighted by atomic mass is 10.1. The molecule has 0 aliphatic rings. The molecule has 0 bridgehead atoms. The van der Waals surface area contributed by atoms with Gasteiger partial charge in [0, 0.05) is 0 Å². The van der Waals surface area contributed by atoms with Gasteiger partial charge in [0.1, 0.15) is 11.4 Å². The highest BCUT2D eigenvalue weighted by Gasteiger charge is 2.07. The van der Waals surface area contributed by atoms with Crippen LogP contribution in [-0.2, 0) is 0 Å². The molecule has 0 rings (SSSR count). The second kappa shape index (κ2) is 6.64. The highest BCUT2D eigenvalue weighted by atomic mass is 16.4. The maximum Gasteiger partial charge on any atom is 0.104 e. The first-order chi connectivity index (χ1) is 5.79. The first-order valence-corrected chi connectivity index (χ1v) is 4.22. The highest BCUT2D eigenvalue weighted by Crippen LogP contribution is 2.01.